The maximum atomic E-state index is 12.8. The topological polar surface area (TPSA) is 130 Å². The zero-order valence-corrected chi connectivity index (χ0v) is 15.3. The van der Waals surface area contributed by atoms with Crippen LogP contribution in [0.5, 0.6) is 0 Å². The Labute approximate surface area is 160 Å². The molecule has 0 aliphatic carbocycles. The molecule has 0 heterocycles. The quantitative estimate of drug-likeness (QED) is 0.606. The molecule has 2 aromatic carbocycles. The van der Waals surface area contributed by atoms with Crippen LogP contribution in [0.1, 0.15) is 5.56 Å². The largest absolute Gasteiger partial charge is 0.481 e. The van der Waals surface area contributed by atoms with Gasteiger partial charge in [0.1, 0.15) is 17.3 Å². The van der Waals surface area contributed by atoms with E-state index in [1.54, 1.807) is 0 Å². The van der Waals surface area contributed by atoms with Crippen molar-refractivity contribution < 1.29 is 32.3 Å². The molecule has 2 aromatic rings. The van der Waals surface area contributed by atoms with Gasteiger partial charge in [-0.3, -0.25) is 14.4 Å². The number of sulfone groups is 1. The van der Waals surface area contributed by atoms with E-state index < -0.39 is 44.9 Å². The van der Waals surface area contributed by atoms with Gasteiger partial charge in [0.2, 0.25) is 11.8 Å². The number of amides is 2. The highest BCUT2D eigenvalue weighted by Gasteiger charge is 2.21. The summed E-state index contributed by atoms with van der Waals surface area (Å²) in [5.41, 5.74) is 1.05. The molecule has 2 amide bonds. The molecule has 0 bridgehead atoms. The highest BCUT2D eigenvalue weighted by atomic mass is 32.2. The lowest BCUT2D eigenvalue weighted by molar-refractivity contribution is -0.136. The zero-order valence-electron chi connectivity index (χ0n) is 14.5. The summed E-state index contributed by atoms with van der Waals surface area (Å²) in [6.07, 6.45) is -0.175. The van der Waals surface area contributed by atoms with Crippen LogP contribution in [0, 0.1) is 5.82 Å². The molecule has 3 N–H and O–H groups in total. The van der Waals surface area contributed by atoms with E-state index >= 15 is 0 Å². The Kier molecular flexibility index (Phi) is 6.83. The van der Waals surface area contributed by atoms with Gasteiger partial charge in [0.05, 0.1) is 6.42 Å². The molecule has 0 unspecified atom stereocenters. The smallest absolute Gasteiger partial charge is 0.307 e. The van der Waals surface area contributed by atoms with E-state index in [0.717, 1.165) is 12.1 Å². The molecule has 10 heteroatoms. The maximum Gasteiger partial charge on any atom is 0.307 e. The monoisotopic (exact) mass is 408 g/mol. The summed E-state index contributed by atoms with van der Waals surface area (Å²) in [5, 5.41) is 13.4. The molecule has 0 aliphatic heterocycles. The van der Waals surface area contributed by atoms with Crippen LogP contribution in [0.3, 0.4) is 0 Å². The molecule has 2 rings (SSSR count). The summed E-state index contributed by atoms with van der Waals surface area (Å²) in [6.45, 7) is 0. The molecule has 148 valence electrons. The molecule has 8 nitrogen and oxygen atoms in total. The van der Waals surface area contributed by atoms with Gasteiger partial charge < -0.3 is 15.7 Å². The molecular formula is C18H17FN2O6S. The summed E-state index contributed by atoms with van der Waals surface area (Å²) >= 11 is 0. The van der Waals surface area contributed by atoms with E-state index in [9.17, 15) is 27.2 Å². The lowest BCUT2D eigenvalue weighted by atomic mass is 10.1. The van der Waals surface area contributed by atoms with Crippen LogP contribution in [0.15, 0.2) is 48.5 Å². The molecule has 0 saturated heterocycles. The third-order valence-electron chi connectivity index (χ3n) is 3.42. The fourth-order valence-electron chi connectivity index (χ4n) is 2.26. The van der Waals surface area contributed by atoms with Crippen molar-refractivity contribution in [3.05, 3.63) is 59.9 Å². The second-order valence-corrected chi connectivity index (χ2v) is 7.97. The van der Waals surface area contributed by atoms with Crippen molar-refractivity contribution in [1.82, 2.24) is 0 Å². The van der Waals surface area contributed by atoms with Gasteiger partial charge in [-0.25, -0.2) is 12.8 Å². The number of halogens is 1. The molecular weight excluding hydrogens is 391 g/mol. The number of carboxylic acids is 1. The predicted octanol–water partition coefficient (Wildman–Crippen LogP) is 1.44. The number of hydrogen-bond acceptors (Lipinski definition) is 5. The van der Waals surface area contributed by atoms with E-state index in [-0.39, 0.29) is 12.1 Å². The number of rotatable bonds is 8. The second kappa shape index (κ2) is 9.09. The minimum absolute atomic E-state index is 0.175. The number of aliphatic carboxylic acids is 1. The Morgan fingerprint density at radius 3 is 1.68 bits per heavy atom. The fourth-order valence-corrected chi connectivity index (χ4v) is 3.30. The summed E-state index contributed by atoms with van der Waals surface area (Å²) in [6, 6.07) is 10.7. The zero-order chi connectivity index (χ0) is 20.7. The van der Waals surface area contributed by atoms with Crippen molar-refractivity contribution in [3.63, 3.8) is 0 Å². The van der Waals surface area contributed by atoms with Crippen LogP contribution in [0.2, 0.25) is 0 Å². The molecule has 0 fully saturated rings. The molecule has 0 spiro atoms. The van der Waals surface area contributed by atoms with Gasteiger partial charge in [-0.15, -0.1) is 0 Å². The number of carbonyl (C=O) groups is 3. The summed E-state index contributed by atoms with van der Waals surface area (Å²) in [7, 11) is -4.03. The third kappa shape index (κ3) is 7.16. The van der Waals surface area contributed by atoms with Gasteiger partial charge in [0.25, 0.3) is 0 Å². The van der Waals surface area contributed by atoms with Crippen LogP contribution >= 0.6 is 0 Å². The average Bonchev–Trinajstić information content (AvgIpc) is 2.57. The van der Waals surface area contributed by atoms with Crippen LogP contribution in [0.25, 0.3) is 0 Å². The van der Waals surface area contributed by atoms with Crippen molar-refractivity contribution in [2.24, 2.45) is 0 Å². The van der Waals surface area contributed by atoms with Gasteiger partial charge in [-0.2, -0.15) is 0 Å². The lowest BCUT2D eigenvalue weighted by Crippen LogP contribution is -2.30. The SMILES string of the molecule is O=C(O)Cc1ccc(NC(=O)CS(=O)(=O)CC(=O)Nc2ccc(F)cc2)cc1. The summed E-state index contributed by atoms with van der Waals surface area (Å²) in [4.78, 5) is 34.3. The Morgan fingerprint density at radius 1 is 0.821 bits per heavy atom. The standard InChI is InChI=1S/C18H17FN2O6S/c19-13-3-7-15(8-4-13)21-17(23)11-28(26,27)10-16(22)20-14-5-1-12(2-6-14)9-18(24)25/h1-8H,9-11H2,(H,20,22)(H,21,23)(H,24,25). The number of carboxylic acid groups (broad SMARTS) is 1. The molecule has 0 aromatic heterocycles. The van der Waals surface area contributed by atoms with E-state index in [1.807, 2.05) is 0 Å². The number of hydrogen-bond donors (Lipinski definition) is 3. The summed E-state index contributed by atoms with van der Waals surface area (Å²) in [5.74, 6) is -4.99. The fraction of sp³-hybridized carbons (Fsp3) is 0.167. The van der Waals surface area contributed by atoms with Crippen molar-refractivity contribution in [1.29, 1.82) is 0 Å². The average molecular weight is 408 g/mol. The summed E-state index contributed by atoms with van der Waals surface area (Å²) < 4.78 is 36.8. The van der Waals surface area contributed by atoms with Gasteiger partial charge in [0, 0.05) is 11.4 Å². The second-order valence-electron chi connectivity index (χ2n) is 5.90. The highest BCUT2D eigenvalue weighted by Crippen LogP contribution is 2.11. The van der Waals surface area contributed by atoms with Gasteiger partial charge in [-0.1, -0.05) is 12.1 Å². The Morgan fingerprint density at radius 2 is 1.25 bits per heavy atom. The van der Waals surface area contributed by atoms with Crippen LogP contribution in [-0.4, -0.2) is 42.8 Å². The number of benzene rings is 2. The van der Waals surface area contributed by atoms with Gasteiger partial charge in [0.15, 0.2) is 9.84 Å². The Hall–Kier alpha value is -3.27. The number of anilines is 2. The maximum absolute atomic E-state index is 12.8. The molecule has 0 atom stereocenters. The highest BCUT2D eigenvalue weighted by molar-refractivity contribution is 7.92. The number of carbonyl (C=O) groups excluding carboxylic acids is 2. The van der Waals surface area contributed by atoms with E-state index in [1.165, 1.54) is 36.4 Å². The van der Waals surface area contributed by atoms with Crippen molar-refractivity contribution in [3.8, 4) is 0 Å². The van der Waals surface area contributed by atoms with E-state index in [4.69, 9.17) is 5.11 Å². The van der Waals surface area contributed by atoms with Gasteiger partial charge in [-0.05, 0) is 42.0 Å². The lowest BCUT2D eigenvalue weighted by Gasteiger charge is -2.08. The first-order chi connectivity index (χ1) is 13.1. The Balaban J connectivity index is 1.88. The van der Waals surface area contributed by atoms with Crippen LogP contribution < -0.4 is 10.6 Å². The molecule has 28 heavy (non-hydrogen) atoms. The minimum Gasteiger partial charge on any atom is -0.481 e. The first-order valence-electron chi connectivity index (χ1n) is 7.99. The first kappa shape index (κ1) is 21.0. The van der Waals surface area contributed by atoms with Crippen molar-refractivity contribution >= 4 is 39.0 Å². The third-order valence-corrected chi connectivity index (χ3v) is 4.83. The molecule has 0 aliphatic rings. The molecule has 0 saturated carbocycles. The van der Waals surface area contributed by atoms with Crippen molar-refractivity contribution in [2.45, 2.75) is 6.42 Å². The van der Waals surface area contributed by atoms with E-state index in [2.05, 4.69) is 10.6 Å². The van der Waals surface area contributed by atoms with Crippen molar-refractivity contribution in [2.75, 3.05) is 22.1 Å². The number of nitrogens with one attached hydrogen (secondary N) is 2. The first-order valence-corrected chi connectivity index (χ1v) is 9.81. The van der Waals surface area contributed by atoms with Crippen LogP contribution in [0.4, 0.5) is 15.8 Å². The molecule has 0 radical (unpaired) electrons. The van der Waals surface area contributed by atoms with Crippen LogP contribution in [-0.2, 0) is 30.6 Å². The van der Waals surface area contributed by atoms with Gasteiger partial charge >= 0.3 is 5.97 Å². The minimum atomic E-state index is -4.03. The normalized spacial score (nSPS) is 10.9. The predicted molar refractivity (Wildman–Crippen MR) is 100 cm³/mol. The Bertz CT molecular complexity index is 972. The van der Waals surface area contributed by atoms with E-state index in [0.29, 0.717) is 11.3 Å².